The molecular weight excluding hydrogens is 501 g/mol. The zero-order valence-corrected chi connectivity index (χ0v) is 21.2. The summed E-state index contributed by atoms with van der Waals surface area (Å²) in [7, 11) is -3.78. The van der Waals surface area contributed by atoms with Gasteiger partial charge in [0.25, 0.3) is 10.0 Å². The molecule has 3 heterocycles. The van der Waals surface area contributed by atoms with Crippen molar-refractivity contribution in [2.75, 3.05) is 11.9 Å². The number of carbonyl (C=O) groups is 1. The molecule has 8 nitrogen and oxygen atoms in total. The molecule has 0 bridgehead atoms. The van der Waals surface area contributed by atoms with Crippen molar-refractivity contribution in [2.45, 2.75) is 37.1 Å². The number of hydrogen-bond acceptors (Lipinski definition) is 6. The van der Waals surface area contributed by atoms with Crippen LogP contribution < -0.4 is 5.32 Å². The van der Waals surface area contributed by atoms with E-state index in [4.69, 9.17) is 0 Å². The Balaban J connectivity index is 1.40. The van der Waals surface area contributed by atoms with Crippen molar-refractivity contribution in [3.8, 4) is 11.3 Å². The van der Waals surface area contributed by atoms with Crippen LogP contribution in [-0.4, -0.2) is 39.7 Å². The Morgan fingerprint density at radius 2 is 1.97 bits per heavy atom. The number of rotatable bonds is 7. The summed E-state index contributed by atoms with van der Waals surface area (Å²) in [5.41, 5.74) is 4.91. The standard InChI is InChI=1S/C25H24FN5O3S2/c1-17(32)29-25-28-14-24(35-25)36(33,34)31-12-10-19-3-2-4-21(22(19)15-31)23-13-27-16-30(23)11-9-18-5-7-20(26)8-6-18/h2-8,13-14,16H,9-12,15H2,1H3,(H,28,29,32). The molecule has 0 spiro atoms. The summed E-state index contributed by atoms with van der Waals surface area (Å²) in [6.07, 6.45) is 6.13. The summed E-state index contributed by atoms with van der Waals surface area (Å²) in [6.45, 7) is 2.59. The summed E-state index contributed by atoms with van der Waals surface area (Å²) < 4.78 is 43.6. The van der Waals surface area contributed by atoms with Crippen molar-refractivity contribution in [3.63, 3.8) is 0 Å². The quantitative estimate of drug-likeness (QED) is 0.392. The largest absolute Gasteiger partial charge is 0.330 e. The number of aromatic nitrogens is 3. The molecule has 2 aromatic carbocycles. The van der Waals surface area contributed by atoms with Crippen LogP contribution in [0, 0.1) is 5.82 Å². The van der Waals surface area contributed by atoms with E-state index >= 15 is 0 Å². The first-order valence-corrected chi connectivity index (χ1v) is 13.7. The molecule has 186 valence electrons. The highest BCUT2D eigenvalue weighted by Crippen LogP contribution is 2.34. The van der Waals surface area contributed by atoms with Gasteiger partial charge < -0.3 is 9.88 Å². The van der Waals surface area contributed by atoms with E-state index in [-0.39, 0.29) is 27.6 Å². The van der Waals surface area contributed by atoms with Crippen LogP contribution in [0.1, 0.15) is 23.6 Å². The molecule has 2 aromatic heterocycles. The van der Waals surface area contributed by atoms with Gasteiger partial charge >= 0.3 is 0 Å². The SMILES string of the molecule is CC(=O)Nc1ncc(S(=O)(=O)N2CCc3cccc(-c4cncn4CCc4ccc(F)cc4)c3C2)s1. The maximum absolute atomic E-state index is 13.4. The predicted molar refractivity (Wildman–Crippen MR) is 135 cm³/mol. The molecule has 1 aliphatic heterocycles. The van der Waals surface area contributed by atoms with E-state index in [1.807, 2.05) is 22.8 Å². The van der Waals surface area contributed by atoms with Crippen LogP contribution in [0.4, 0.5) is 9.52 Å². The van der Waals surface area contributed by atoms with Crippen LogP contribution in [0.5, 0.6) is 0 Å². The third-order valence-electron chi connectivity index (χ3n) is 6.14. The first-order valence-electron chi connectivity index (χ1n) is 11.4. The first-order chi connectivity index (χ1) is 17.3. The number of imidazole rings is 1. The molecule has 11 heteroatoms. The predicted octanol–water partition coefficient (Wildman–Crippen LogP) is 4.09. The summed E-state index contributed by atoms with van der Waals surface area (Å²) in [5.74, 6) is -0.567. The van der Waals surface area contributed by atoms with E-state index in [0.29, 0.717) is 25.9 Å². The van der Waals surface area contributed by atoms with Gasteiger partial charge in [-0.25, -0.2) is 22.8 Å². The van der Waals surface area contributed by atoms with Crippen LogP contribution in [0.2, 0.25) is 0 Å². The van der Waals surface area contributed by atoms with E-state index in [2.05, 4.69) is 15.3 Å². The minimum Gasteiger partial charge on any atom is -0.330 e. The molecule has 1 N–H and O–H groups in total. The van der Waals surface area contributed by atoms with Crippen LogP contribution >= 0.6 is 11.3 Å². The van der Waals surface area contributed by atoms with Crippen LogP contribution in [-0.2, 0) is 40.7 Å². The molecule has 1 amide bonds. The molecule has 0 unspecified atom stereocenters. The van der Waals surface area contributed by atoms with Crippen molar-refractivity contribution >= 4 is 32.4 Å². The number of nitrogens with zero attached hydrogens (tertiary/aromatic N) is 4. The van der Waals surface area contributed by atoms with Gasteiger partial charge in [-0.05, 0) is 41.7 Å². The first kappa shape index (κ1) is 24.3. The van der Waals surface area contributed by atoms with Crippen molar-refractivity contribution < 1.29 is 17.6 Å². The number of sulfonamides is 1. The van der Waals surface area contributed by atoms with E-state index in [9.17, 15) is 17.6 Å². The number of nitrogens with one attached hydrogen (secondary N) is 1. The van der Waals surface area contributed by atoms with Crippen molar-refractivity contribution in [1.82, 2.24) is 18.8 Å². The number of benzene rings is 2. The Morgan fingerprint density at radius 3 is 2.75 bits per heavy atom. The maximum Gasteiger partial charge on any atom is 0.254 e. The summed E-state index contributed by atoms with van der Waals surface area (Å²) in [6, 6.07) is 12.5. The zero-order chi connectivity index (χ0) is 25.3. The van der Waals surface area contributed by atoms with Gasteiger partial charge in [-0.1, -0.05) is 41.7 Å². The second kappa shape index (κ2) is 9.92. The highest BCUT2D eigenvalue weighted by molar-refractivity contribution is 7.91. The normalized spacial score (nSPS) is 13.9. The summed E-state index contributed by atoms with van der Waals surface area (Å²) in [4.78, 5) is 19.7. The number of fused-ring (bicyclic) bond motifs is 1. The van der Waals surface area contributed by atoms with Gasteiger partial charge in [0.1, 0.15) is 5.82 Å². The minimum atomic E-state index is -3.78. The van der Waals surface area contributed by atoms with E-state index < -0.39 is 10.0 Å². The van der Waals surface area contributed by atoms with Crippen molar-refractivity contribution in [2.24, 2.45) is 0 Å². The maximum atomic E-state index is 13.4. The lowest BCUT2D eigenvalue weighted by atomic mass is 9.94. The molecule has 4 aromatic rings. The topological polar surface area (TPSA) is 97.2 Å². The van der Waals surface area contributed by atoms with Crippen molar-refractivity contribution in [1.29, 1.82) is 0 Å². The van der Waals surface area contributed by atoms with Crippen molar-refractivity contribution in [3.05, 3.63) is 83.7 Å². The fraction of sp³-hybridized carbons (Fsp3) is 0.240. The monoisotopic (exact) mass is 525 g/mol. The number of aryl methyl sites for hydroxylation is 2. The van der Waals surface area contributed by atoms with Gasteiger partial charge in [0.05, 0.1) is 24.4 Å². The van der Waals surface area contributed by atoms with E-state index in [0.717, 1.165) is 39.3 Å². The number of carbonyl (C=O) groups excluding carboxylic acids is 1. The molecule has 36 heavy (non-hydrogen) atoms. The van der Waals surface area contributed by atoms with Gasteiger partial charge in [0.2, 0.25) is 5.91 Å². The minimum absolute atomic E-state index is 0.0940. The third kappa shape index (κ3) is 4.95. The second-order valence-corrected chi connectivity index (χ2v) is 11.7. The molecule has 0 saturated carbocycles. The molecule has 0 fully saturated rings. The molecule has 5 rings (SSSR count). The van der Waals surface area contributed by atoms with Crippen LogP contribution in [0.15, 0.2) is 65.4 Å². The summed E-state index contributed by atoms with van der Waals surface area (Å²) in [5, 5.41) is 2.79. The molecule has 0 aliphatic carbocycles. The Bertz CT molecular complexity index is 1510. The van der Waals surface area contributed by atoms with Gasteiger partial charge in [0, 0.05) is 32.1 Å². The van der Waals surface area contributed by atoms with Crippen LogP contribution in [0.3, 0.4) is 0 Å². The Hall–Kier alpha value is -3.41. The van der Waals surface area contributed by atoms with Crippen LogP contribution in [0.25, 0.3) is 11.3 Å². The Kier molecular flexibility index (Phi) is 6.69. The third-order valence-corrected chi connectivity index (χ3v) is 9.34. The number of thiazole rings is 1. The number of amides is 1. The highest BCUT2D eigenvalue weighted by atomic mass is 32.2. The van der Waals surface area contributed by atoms with Gasteiger partial charge in [-0.2, -0.15) is 4.31 Å². The van der Waals surface area contributed by atoms with E-state index in [1.54, 1.807) is 24.7 Å². The fourth-order valence-electron chi connectivity index (χ4n) is 4.34. The smallest absolute Gasteiger partial charge is 0.254 e. The summed E-state index contributed by atoms with van der Waals surface area (Å²) >= 11 is 0.943. The van der Waals surface area contributed by atoms with Gasteiger partial charge in [-0.15, -0.1) is 0 Å². The molecule has 0 saturated heterocycles. The average molecular weight is 526 g/mol. The lowest BCUT2D eigenvalue weighted by Gasteiger charge is -2.29. The highest BCUT2D eigenvalue weighted by Gasteiger charge is 2.31. The Labute approximate surface area is 212 Å². The molecular formula is C25H24FN5O3S2. The lowest BCUT2D eigenvalue weighted by molar-refractivity contribution is -0.114. The number of halogens is 1. The molecule has 0 radical (unpaired) electrons. The van der Waals surface area contributed by atoms with E-state index in [1.165, 1.54) is 29.6 Å². The van der Waals surface area contributed by atoms with Gasteiger partial charge in [0.15, 0.2) is 9.34 Å². The second-order valence-electron chi connectivity index (χ2n) is 8.55. The Morgan fingerprint density at radius 1 is 1.17 bits per heavy atom. The molecule has 0 atom stereocenters. The number of hydrogen-bond donors (Lipinski definition) is 1. The average Bonchev–Trinajstić information content (AvgIpc) is 3.52. The lowest BCUT2D eigenvalue weighted by Crippen LogP contribution is -2.36. The molecule has 1 aliphatic rings. The van der Waals surface area contributed by atoms with Gasteiger partial charge in [-0.3, -0.25) is 4.79 Å². The number of anilines is 1. The fourth-order valence-corrected chi connectivity index (χ4v) is 6.98. The zero-order valence-electron chi connectivity index (χ0n) is 19.5.